The summed E-state index contributed by atoms with van der Waals surface area (Å²) in [6.45, 7) is 4.95. The van der Waals surface area contributed by atoms with E-state index < -0.39 is 11.9 Å². The molecule has 21 heavy (non-hydrogen) atoms. The van der Waals surface area contributed by atoms with Crippen molar-refractivity contribution in [2.75, 3.05) is 19.6 Å². The molecule has 2 bridgehead atoms. The number of likely N-dealkylation sites (tertiary alicyclic amines) is 1. The van der Waals surface area contributed by atoms with Crippen LogP contribution in [-0.4, -0.2) is 47.6 Å². The van der Waals surface area contributed by atoms with E-state index in [0.717, 1.165) is 19.5 Å². The number of aliphatic carboxylic acids is 1. The summed E-state index contributed by atoms with van der Waals surface area (Å²) in [5.41, 5.74) is 0. The third-order valence-electron chi connectivity index (χ3n) is 5.38. The van der Waals surface area contributed by atoms with Gasteiger partial charge in [-0.3, -0.25) is 14.5 Å². The maximum atomic E-state index is 12.4. The molecule has 0 aromatic rings. The van der Waals surface area contributed by atoms with Gasteiger partial charge in [-0.2, -0.15) is 0 Å². The van der Waals surface area contributed by atoms with E-state index in [1.807, 2.05) is 12.2 Å². The maximum absolute atomic E-state index is 12.4. The molecular weight excluding hydrogens is 268 g/mol. The molecule has 1 heterocycles. The van der Waals surface area contributed by atoms with Crippen LogP contribution in [0.1, 0.15) is 26.2 Å². The van der Waals surface area contributed by atoms with Crippen LogP contribution in [0.25, 0.3) is 0 Å². The van der Waals surface area contributed by atoms with Gasteiger partial charge in [-0.15, -0.1) is 0 Å². The van der Waals surface area contributed by atoms with Gasteiger partial charge in [-0.05, 0) is 51.1 Å². The Bertz CT molecular complexity index is 456. The van der Waals surface area contributed by atoms with Crippen LogP contribution in [0.5, 0.6) is 0 Å². The molecule has 5 heteroatoms. The van der Waals surface area contributed by atoms with Crippen LogP contribution in [0.4, 0.5) is 0 Å². The molecule has 116 valence electrons. The van der Waals surface area contributed by atoms with Gasteiger partial charge in [0.25, 0.3) is 0 Å². The standard InChI is InChI=1S/C16H24N2O3/c1-10(18-6-2-3-7-18)9-17-15(19)13-11-4-5-12(8-11)14(13)16(20)21/h4-5,10-14H,2-3,6-9H2,1H3,(H,17,19)(H,20,21)/t10?,11?,12?,13-,14+/m0/s1. The fourth-order valence-electron chi connectivity index (χ4n) is 4.19. The van der Waals surface area contributed by atoms with Gasteiger partial charge < -0.3 is 10.4 Å². The minimum atomic E-state index is -0.834. The summed E-state index contributed by atoms with van der Waals surface area (Å²) in [5.74, 6) is -1.69. The van der Waals surface area contributed by atoms with E-state index in [0.29, 0.717) is 12.6 Å². The van der Waals surface area contributed by atoms with E-state index in [4.69, 9.17) is 0 Å². The van der Waals surface area contributed by atoms with Crippen LogP contribution >= 0.6 is 0 Å². The minimum Gasteiger partial charge on any atom is -0.481 e. The molecule has 2 fully saturated rings. The zero-order valence-electron chi connectivity index (χ0n) is 12.5. The number of amides is 1. The van der Waals surface area contributed by atoms with Crippen molar-refractivity contribution in [1.82, 2.24) is 10.2 Å². The Morgan fingerprint density at radius 3 is 2.48 bits per heavy atom. The summed E-state index contributed by atoms with van der Waals surface area (Å²) in [5, 5.41) is 12.4. The van der Waals surface area contributed by atoms with E-state index >= 15 is 0 Å². The van der Waals surface area contributed by atoms with Gasteiger partial charge in [0.1, 0.15) is 0 Å². The number of nitrogens with zero attached hydrogens (tertiary/aromatic N) is 1. The summed E-state index contributed by atoms with van der Waals surface area (Å²) < 4.78 is 0. The number of carbonyl (C=O) groups is 2. The second-order valence-electron chi connectivity index (χ2n) is 6.68. The quantitative estimate of drug-likeness (QED) is 0.745. The van der Waals surface area contributed by atoms with E-state index in [-0.39, 0.29) is 23.7 Å². The van der Waals surface area contributed by atoms with Crippen molar-refractivity contribution in [1.29, 1.82) is 0 Å². The Hall–Kier alpha value is -1.36. The first-order valence-corrected chi connectivity index (χ1v) is 8.01. The summed E-state index contributed by atoms with van der Waals surface area (Å²) in [4.78, 5) is 26.3. The van der Waals surface area contributed by atoms with Gasteiger partial charge in [-0.25, -0.2) is 0 Å². The third-order valence-corrected chi connectivity index (χ3v) is 5.38. The number of nitrogens with one attached hydrogen (secondary N) is 1. The monoisotopic (exact) mass is 292 g/mol. The Kier molecular flexibility index (Phi) is 4.02. The van der Waals surface area contributed by atoms with Crippen LogP contribution in [-0.2, 0) is 9.59 Å². The summed E-state index contributed by atoms with van der Waals surface area (Å²) in [7, 11) is 0. The lowest BCUT2D eigenvalue weighted by molar-refractivity contribution is -0.147. The molecule has 3 unspecified atom stereocenters. The SMILES string of the molecule is CC(CNC(=O)[C@H]1C2C=CC(C2)[C@H]1C(=O)O)N1CCCC1. The Morgan fingerprint density at radius 1 is 1.24 bits per heavy atom. The number of allylic oxidation sites excluding steroid dienone is 2. The Balaban J connectivity index is 1.57. The first-order chi connectivity index (χ1) is 10.1. The van der Waals surface area contributed by atoms with Gasteiger partial charge >= 0.3 is 5.97 Å². The molecule has 3 aliphatic rings. The lowest BCUT2D eigenvalue weighted by atomic mass is 9.82. The molecule has 0 aromatic heterocycles. The van der Waals surface area contributed by atoms with Crippen molar-refractivity contribution >= 4 is 11.9 Å². The molecule has 1 saturated carbocycles. The van der Waals surface area contributed by atoms with Crippen LogP contribution in [0.2, 0.25) is 0 Å². The van der Waals surface area contributed by atoms with E-state index in [1.165, 1.54) is 12.8 Å². The molecule has 2 N–H and O–H groups in total. The maximum Gasteiger partial charge on any atom is 0.307 e. The van der Waals surface area contributed by atoms with Gasteiger partial charge in [0, 0.05) is 12.6 Å². The molecule has 0 spiro atoms. The number of rotatable bonds is 5. The molecule has 1 saturated heterocycles. The second-order valence-corrected chi connectivity index (χ2v) is 6.68. The zero-order chi connectivity index (χ0) is 15.0. The molecule has 0 radical (unpaired) electrons. The number of fused-ring (bicyclic) bond motifs is 2. The normalized spacial score (nSPS) is 36.0. The lowest BCUT2D eigenvalue weighted by Gasteiger charge is -2.27. The van der Waals surface area contributed by atoms with Crippen LogP contribution < -0.4 is 5.32 Å². The van der Waals surface area contributed by atoms with Crippen molar-refractivity contribution in [3.05, 3.63) is 12.2 Å². The summed E-state index contributed by atoms with van der Waals surface area (Å²) in [6.07, 6.45) is 7.28. The smallest absolute Gasteiger partial charge is 0.307 e. The minimum absolute atomic E-state index is 0.0410. The van der Waals surface area contributed by atoms with Gasteiger partial charge in [0.2, 0.25) is 5.91 Å². The highest BCUT2D eigenvalue weighted by Crippen LogP contribution is 2.48. The zero-order valence-corrected chi connectivity index (χ0v) is 12.5. The highest BCUT2D eigenvalue weighted by atomic mass is 16.4. The molecule has 5 atom stereocenters. The molecule has 3 rings (SSSR count). The Morgan fingerprint density at radius 2 is 1.86 bits per heavy atom. The first kappa shape index (κ1) is 14.6. The Labute approximate surface area is 125 Å². The molecule has 0 aromatic carbocycles. The molecular formula is C16H24N2O3. The summed E-state index contributed by atoms with van der Waals surface area (Å²) >= 11 is 0. The molecule has 5 nitrogen and oxygen atoms in total. The highest BCUT2D eigenvalue weighted by Gasteiger charge is 2.51. The van der Waals surface area contributed by atoms with Gasteiger partial charge in [-0.1, -0.05) is 12.2 Å². The first-order valence-electron chi connectivity index (χ1n) is 8.01. The average Bonchev–Trinajstić information content (AvgIpc) is 3.17. The van der Waals surface area contributed by atoms with Crippen LogP contribution in [0.15, 0.2) is 12.2 Å². The predicted molar refractivity (Wildman–Crippen MR) is 78.6 cm³/mol. The van der Waals surface area contributed by atoms with E-state index in [9.17, 15) is 14.7 Å². The van der Waals surface area contributed by atoms with Crippen molar-refractivity contribution < 1.29 is 14.7 Å². The van der Waals surface area contributed by atoms with Crippen molar-refractivity contribution in [2.24, 2.45) is 23.7 Å². The third kappa shape index (κ3) is 2.71. The fraction of sp³-hybridized carbons (Fsp3) is 0.750. The number of hydrogen-bond donors (Lipinski definition) is 2. The number of carboxylic acids is 1. The van der Waals surface area contributed by atoms with Crippen molar-refractivity contribution in [3.63, 3.8) is 0 Å². The number of hydrogen-bond acceptors (Lipinski definition) is 3. The fourth-order valence-corrected chi connectivity index (χ4v) is 4.19. The van der Waals surface area contributed by atoms with Crippen LogP contribution in [0, 0.1) is 23.7 Å². The van der Waals surface area contributed by atoms with E-state index in [1.54, 1.807) is 0 Å². The largest absolute Gasteiger partial charge is 0.481 e. The predicted octanol–water partition coefficient (Wildman–Crippen LogP) is 1.11. The topological polar surface area (TPSA) is 69.6 Å². The van der Waals surface area contributed by atoms with Crippen molar-refractivity contribution in [2.45, 2.75) is 32.2 Å². The highest BCUT2D eigenvalue weighted by molar-refractivity contribution is 5.86. The number of carbonyl (C=O) groups excluding carboxylic acids is 1. The lowest BCUT2D eigenvalue weighted by Crippen LogP contribution is -2.45. The van der Waals surface area contributed by atoms with Crippen molar-refractivity contribution in [3.8, 4) is 0 Å². The number of carboxylic acid groups (broad SMARTS) is 1. The summed E-state index contributed by atoms with van der Waals surface area (Å²) in [6, 6.07) is 0.328. The van der Waals surface area contributed by atoms with Gasteiger partial charge in [0.05, 0.1) is 11.8 Å². The molecule has 2 aliphatic carbocycles. The van der Waals surface area contributed by atoms with E-state index in [2.05, 4.69) is 17.1 Å². The van der Waals surface area contributed by atoms with Gasteiger partial charge in [0.15, 0.2) is 0 Å². The molecule has 1 amide bonds. The average molecular weight is 292 g/mol. The van der Waals surface area contributed by atoms with Crippen LogP contribution in [0.3, 0.4) is 0 Å². The molecule has 1 aliphatic heterocycles. The second kappa shape index (κ2) is 5.79.